The Morgan fingerprint density at radius 1 is 0.964 bits per heavy atom. The summed E-state index contributed by atoms with van der Waals surface area (Å²) in [7, 11) is 3.15. The van der Waals surface area contributed by atoms with Crippen molar-refractivity contribution >= 4 is 23.5 Å². The summed E-state index contributed by atoms with van der Waals surface area (Å²) in [5.74, 6) is -1.54. The number of benzene rings is 2. The van der Waals surface area contributed by atoms with Crippen molar-refractivity contribution in [2.24, 2.45) is 0 Å². The van der Waals surface area contributed by atoms with E-state index in [-0.39, 0.29) is 30.0 Å². The summed E-state index contributed by atoms with van der Waals surface area (Å²) in [6, 6.07) is 17.3. The van der Waals surface area contributed by atoms with Crippen molar-refractivity contribution in [3.8, 4) is 6.07 Å². The topological polar surface area (TPSA) is 90.7 Å². The molecule has 0 spiro atoms. The molecule has 2 aromatic rings. The van der Waals surface area contributed by atoms with Gasteiger partial charge in [-0.05, 0) is 24.3 Å². The zero-order valence-electron chi connectivity index (χ0n) is 15.8. The maximum atomic E-state index is 12.8. The molecule has 0 aliphatic heterocycles. The summed E-state index contributed by atoms with van der Waals surface area (Å²) < 4.78 is 5.08. The van der Waals surface area contributed by atoms with Gasteiger partial charge in [-0.2, -0.15) is 5.26 Å². The van der Waals surface area contributed by atoms with E-state index >= 15 is 0 Å². The van der Waals surface area contributed by atoms with Gasteiger partial charge in [-0.15, -0.1) is 0 Å². The number of nitrogens with zero attached hydrogens (tertiary/aromatic N) is 3. The minimum atomic E-state index is -0.757. The normalized spacial score (nSPS) is 9.89. The third-order valence-corrected chi connectivity index (χ3v) is 4.14. The lowest BCUT2D eigenvalue weighted by atomic mass is 10.1. The molecule has 0 saturated carbocycles. The Morgan fingerprint density at radius 3 is 2.21 bits per heavy atom. The summed E-state index contributed by atoms with van der Waals surface area (Å²) >= 11 is 0. The number of para-hydroxylation sites is 1. The van der Waals surface area contributed by atoms with Crippen LogP contribution in [0.4, 0.5) is 5.69 Å². The van der Waals surface area contributed by atoms with E-state index in [2.05, 4.69) is 0 Å². The fourth-order valence-corrected chi connectivity index (χ4v) is 2.45. The van der Waals surface area contributed by atoms with Crippen LogP contribution in [0.2, 0.25) is 0 Å². The maximum Gasteiger partial charge on any atom is 0.339 e. The molecule has 2 amide bonds. The van der Waals surface area contributed by atoms with Gasteiger partial charge in [0.1, 0.15) is 0 Å². The molecule has 0 saturated heterocycles. The van der Waals surface area contributed by atoms with Gasteiger partial charge in [0.05, 0.1) is 23.6 Å². The Kier molecular flexibility index (Phi) is 7.28. The van der Waals surface area contributed by atoms with Gasteiger partial charge < -0.3 is 14.5 Å². The second-order valence-electron chi connectivity index (χ2n) is 6.04. The first-order chi connectivity index (χ1) is 13.5. The van der Waals surface area contributed by atoms with E-state index < -0.39 is 18.5 Å². The van der Waals surface area contributed by atoms with Crippen molar-refractivity contribution in [1.82, 2.24) is 4.90 Å². The molecule has 0 atom stereocenters. The number of hydrogen-bond acceptors (Lipinski definition) is 5. The van der Waals surface area contributed by atoms with Crippen LogP contribution in [0.15, 0.2) is 54.6 Å². The van der Waals surface area contributed by atoms with Crippen LogP contribution in [-0.4, -0.2) is 49.9 Å². The monoisotopic (exact) mass is 379 g/mol. The first-order valence-electron chi connectivity index (χ1n) is 8.66. The van der Waals surface area contributed by atoms with Crippen molar-refractivity contribution < 1.29 is 19.1 Å². The molecule has 7 nitrogen and oxygen atoms in total. The van der Waals surface area contributed by atoms with E-state index in [0.29, 0.717) is 5.69 Å². The molecular formula is C21H21N3O4. The molecule has 0 aromatic heterocycles. The third kappa shape index (κ3) is 5.17. The number of likely N-dealkylation sites (N-methyl/N-ethyl adjacent to an activating group) is 1. The minimum Gasteiger partial charge on any atom is -0.452 e. The molecule has 0 unspecified atom stereocenters. The molecule has 0 N–H and O–H groups in total. The van der Waals surface area contributed by atoms with Crippen LogP contribution in [-0.2, 0) is 9.53 Å². The Morgan fingerprint density at radius 2 is 1.57 bits per heavy atom. The second kappa shape index (κ2) is 9.88. The number of carbonyl (C=O) groups excluding carboxylic acids is 3. The fraction of sp³-hybridized carbons (Fsp3) is 0.238. The van der Waals surface area contributed by atoms with Crippen LogP contribution in [0.25, 0.3) is 0 Å². The minimum absolute atomic E-state index is 0.0859. The molecule has 0 heterocycles. The van der Waals surface area contributed by atoms with Gasteiger partial charge in [-0.25, -0.2) is 4.79 Å². The van der Waals surface area contributed by atoms with Gasteiger partial charge in [-0.3, -0.25) is 9.59 Å². The molecule has 7 heteroatoms. The lowest BCUT2D eigenvalue weighted by Gasteiger charge is -2.19. The van der Waals surface area contributed by atoms with Crippen LogP contribution in [0.5, 0.6) is 0 Å². The Balaban J connectivity index is 2.10. The molecule has 2 aromatic carbocycles. The summed E-state index contributed by atoms with van der Waals surface area (Å²) in [6.07, 6.45) is 0.194. The van der Waals surface area contributed by atoms with E-state index in [1.165, 1.54) is 22.9 Å². The molecule has 0 aliphatic carbocycles. The zero-order valence-corrected chi connectivity index (χ0v) is 15.8. The number of amides is 2. The predicted octanol–water partition coefficient (Wildman–Crippen LogP) is 2.49. The average Bonchev–Trinajstić information content (AvgIpc) is 2.75. The van der Waals surface area contributed by atoms with Crippen LogP contribution in [0.3, 0.4) is 0 Å². The number of esters is 1. The SMILES string of the molecule is CN(CCC#N)C(=O)COC(=O)c1ccccc1C(=O)N(C)c1ccccc1. The smallest absolute Gasteiger partial charge is 0.339 e. The standard InChI is InChI=1S/C21H21N3O4/c1-23(14-8-13-22)19(25)15-28-21(27)18-12-7-6-11-17(18)20(26)24(2)16-9-4-3-5-10-16/h3-7,9-12H,8,14-15H2,1-2H3. The van der Waals surface area contributed by atoms with Crippen LogP contribution in [0, 0.1) is 11.3 Å². The second-order valence-corrected chi connectivity index (χ2v) is 6.04. The number of carbonyl (C=O) groups is 3. The van der Waals surface area contributed by atoms with Gasteiger partial charge in [0.2, 0.25) is 0 Å². The number of anilines is 1. The predicted molar refractivity (Wildman–Crippen MR) is 104 cm³/mol. The zero-order chi connectivity index (χ0) is 20.5. The number of hydrogen-bond donors (Lipinski definition) is 0. The molecule has 0 aliphatic rings. The fourth-order valence-electron chi connectivity index (χ4n) is 2.45. The number of rotatable bonds is 7. The van der Waals surface area contributed by atoms with Crippen LogP contribution in [0.1, 0.15) is 27.1 Å². The summed E-state index contributed by atoms with van der Waals surface area (Å²) in [4.78, 5) is 40.0. The van der Waals surface area contributed by atoms with Crippen molar-refractivity contribution in [2.45, 2.75) is 6.42 Å². The molecule has 2 rings (SSSR count). The van der Waals surface area contributed by atoms with Crippen molar-refractivity contribution in [3.05, 3.63) is 65.7 Å². The van der Waals surface area contributed by atoms with Gasteiger partial charge in [-0.1, -0.05) is 30.3 Å². The quantitative estimate of drug-likeness (QED) is 0.690. The third-order valence-electron chi connectivity index (χ3n) is 4.14. The van der Waals surface area contributed by atoms with E-state index in [9.17, 15) is 14.4 Å². The first kappa shape index (κ1) is 20.6. The Bertz CT molecular complexity index is 890. The number of nitriles is 1. The highest BCUT2D eigenvalue weighted by Crippen LogP contribution is 2.18. The largest absolute Gasteiger partial charge is 0.452 e. The van der Waals surface area contributed by atoms with Crippen molar-refractivity contribution in [1.29, 1.82) is 5.26 Å². The maximum absolute atomic E-state index is 12.8. The molecule has 0 radical (unpaired) electrons. The summed E-state index contributed by atoms with van der Waals surface area (Å²) in [5.41, 5.74) is 0.955. The lowest BCUT2D eigenvalue weighted by molar-refractivity contribution is -0.133. The molecule has 0 bridgehead atoms. The van der Waals surface area contributed by atoms with E-state index in [1.807, 2.05) is 24.3 Å². The van der Waals surface area contributed by atoms with Gasteiger partial charge >= 0.3 is 5.97 Å². The van der Waals surface area contributed by atoms with Gasteiger partial charge in [0.25, 0.3) is 11.8 Å². The van der Waals surface area contributed by atoms with Gasteiger partial charge in [0, 0.05) is 26.3 Å². The lowest BCUT2D eigenvalue weighted by Crippen LogP contribution is -2.32. The van der Waals surface area contributed by atoms with Gasteiger partial charge in [0.15, 0.2) is 6.61 Å². The van der Waals surface area contributed by atoms with E-state index in [4.69, 9.17) is 10.00 Å². The summed E-state index contributed by atoms with van der Waals surface area (Å²) in [6.45, 7) is -0.207. The molecule has 28 heavy (non-hydrogen) atoms. The molecule has 144 valence electrons. The first-order valence-corrected chi connectivity index (χ1v) is 8.66. The Labute approximate surface area is 163 Å². The van der Waals surface area contributed by atoms with Crippen LogP contribution >= 0.6 is 0 Å². The molecular weight excluding hydrogens is 358 g/mol. The van der Waals surface area contributed by atoms with E-state index in [0.717, 1.165) is 0 Å². The molecule has 0 fully saturated rings. The van der Waals surface area contributed by atoms with Crippen molar-refractivity contribution in [3.63, 3.8) is 0 Å². The average molecular weight is 379 g/mol. The Hall–Kier alpha value is -3.66. The van der Waals surface area contributed by atoms with Crippen LogP contribution < -0.4 is 4.90 Å². The summed E-state index contributed by atoms with van der Waals surface area (Å²) in [5, 5.41) is 8.56. The number of ether oxygens (including phenoxy) is 1. The highest BCUT2D eigenvalue weighted by atomic mass is 16.5. The highest BCUT2D eigenvalue weighted by Gasteiger charge is 2.22. The van der Waals surface area contributed by atoms with Crippen molar-refractivity contribution in [2.75, 3.05) is 32.1 Å². The highest BCUT2D eigenvalue weighted by molar-refractivity contribution is 6.12. The van der Waals surface area contributed by atoms with E-state index in [1.54, 1.807) is 37.4 Å².